The number of carbonyl (C=O) groups is 1. The topological polar surface area (TPSA) is 66.5 Å². The molecule has 2 aliphatic rings. The number of nitrogens with zero attached hydrogens (tertiary/aromatic N) is 1. The van der Waals surface area contributed by atoms with Crippen LogP contribution in [0, 0.1) is 5.92 Å². The van der Waals surface area contributed by atoms with Crippen LogP contribution < -0.4 is 9.62 Å². The third-order valence-corrected chi connectivity index (χ3v) is 6.82. The quantitative estimate of drug-likeness (QED) is 0.832. The monoisotopic (exact) mass is 384 g/mol. The lowest BCUT2D eigenvalue weighted by Gasteiger charge is -2.17. The lowest BCUT2D eigenvalue weighted by atomic mass is 10.0. The zero-order valence-electron chi connectivity index (χ0n) is 15.4. The highest BCUT2D eigenvalue weighted by Crippen LogP contribution is 2.37. The fraction of sp³-hybridized carbons (Fsp3) is 0.381. The lowest BCUT2D eigenvalue weighted by Crippen LogP contribution is -2.30. The maximum Gasteiger partial charge on any atom is 0.240 e. The first-order valence-electron chi connectivity index (χ1n) is 9.44. The number of hydrogen-bond donors (Lipinski definition) is 1. The molecule has 1 saturated carbocycles. The average Bonchev–Trinajstić information content (AvgIpc) is 3.45. The number of benzene rings is 2. The van der Waals surface area contributed by atoms with Crippen LogP contribution >= 0.6 is 0 Å². The van der Waals surface area contributed by atoms with Gasteiger partial charge in [0.15, 0.2) is 0 Å². The van der Waals surface area contributed by atoms with E-state index in [0.717, 1.165) is 29.7 Å². The van der Waals surface area contributed by atoms with Gasteiger partial charge in [-0.3, -0.25) is 4.79 Å². The van der Waals surface area contributed by atoms with Crippen LogP contribution in [0.5, 0.6) is 0 Å². The molecule has 4 rings (SSSR count). The Kier molecular flexibility index (Phi) is 4.78. The molecule has 1 N–H and O–H groups in total. The van der Waals surface area contributed by atoms with Crippen molar-refractivity contribution in [3.63, 3.8) is 0 Å². The number of nitrogens with one attached hydrogen (secondary N) is 1. The van der Waals surface area contributed by atoms with E-state index >= 15 is 0 Å². The van der Waals surface area contributed by atoms with Gasteiger partial charge in [-0.05, 0) is 54.5 Å². The molecule has 1 amide bonds. The molecule has 1 atom stereocenters. The highest BCUT2D eigenvalue weighted by molar-refractivity contribution is 7.89. The number of hydrogen-bond acceptors (Lipinski definition) is 3. The summed E-state index contributed by atoms with van der Waals surface area (Å²) in [6.07, 6.45) is 2.65. The molecule has 0 saturated heterocycles. The Morgan fingerprint density at radius 1 is 1.19 bits per heavy atom. The van der Waals surface area contributed by atoms with Crippen molar-refractivity contribution in [3.05, 3.63) is 59.7 Å². The van der Waals surface area contributed by atoms with E-state index in [1.165, 1.54) is 0 Å². The Balaban J connectivity index is 1.47. The third kappa shape index (κ3) is 3.77. The molecule has 0 radical (unpaired) electrons. The van der Waals surface area contributed by atoms with Crippen LogP contribution in [0.25, 0.3) is 0 Å². The van der Waals surface area contributed by atoms with Crippen molar-refractivity contribution in [2.75, 3.05) is 18.0 Å². The van der Waals surface area contributed by atoms with Crippen molar-refractivity contribution in [2.24, 2.45) is 5.92 Å². The van der Waals surface area contributed by atoms with Gasteiger partial charge in [0.25, 0.3) is 0 Å². The van der Waals surface area contributed by atoms with Gasteiger partial charge < -0.3 is 4.90 Å². The van der Waals surface area contributed by atoms with Crippen LogP contribution in [0.2, 0.25) is 0 Å². The molecule has 2 aromatic rings. The van der Waals surface area contributed by atoms with Crippen LogP contribution in [0.4, 0.5) is 5.69 Å². The summed E-state index contributed by atoms with van der Waals surface area (Å²) < 4.78 is 28.1. The van der Waals surface area contributed by atoms with E-state index in [0.29, 0.717) is 19.5 Å². The molecular formula is C21H24N2O3S. The molecule has 142 valence electrons. The van der Waals surface area contributed by atoms with Crippen molar-refractivity contribution in [2.45, 2.75) is 37.0 Å². The first-order chi connectivity index (χ1) is 13.0. The summed E-state index contributed by atoms with van der Waals surface area (Å²) in [5.74, 6) is 0.432. The van der Waals surface area contributed by atoms with Gasteiger partial charge in [0.05, 0.1) is 4.90 Å². The van der Waals surface area contributed by atoms with Gasteiger partial charge in [0.2, 0.25) is 15.9 Å². The highest BCUT2D eigenvalue weighted by atomic mass is 32.2. The minimum Gasteiger partial charge on any atom is -0.312 e. The van der Waals surface area contributed by atoms with Crippen LogP contribution in [0.3, 0.4) is 0 Å². The maximum atomic E-state index is 12.7. The van der Waals surface area contributed by atoms with E-state index in [4.69, 9.17) is 0 Å². The smallest absolute Gasteiger partial charge is 0.240 e. The maximum absolute atomic E-state index is 12.7. The Morgan fingerprint density at radius 3 is 2.63 bits per heavy atom. The van der Waals surface area contributed by atoms with E-state index in [9.17, 15) is 13.2 Å². The predicted molar refractivity (Wildman–Crippen MR) is 105 cm³/mol. The van der Waals surface area contributed by atoms with Crippen molar-refractivity contribution >= 4 is 21.6 Å². The van der Waals surface area contributed by atoms with Gasteiger partial charge in [0, 0.05) is 24.7 Å². The molecule has 1 aliphatic carbocycles. The first kappa shape index (κ1) is 18.2. The SMILES string of the molecule is C[C@H](CNS(=O)(=O)c1ccc2c(c1)CCN2C(=O)C1CC1)c1ccccc1. The van der Waals surface area contributed by atoms with Crippen LogP contribution in [0.1, 0.15) is 36.8 Å². The Hall–Kier alpha value is -2.18. The minimum absolute atomic E-state index is 0.0852. The Labute approximate surface area is 160 Å². The Bertz CT molecular complexity index is 953. The van der Waals surface area contributed by atoms with Gasteiger partial charge in [-0.15, -0.1) is 0 Å². The van der Waals surface area contributed by atoms with Gasteiger partial charge in [-0.1, -0.05) is 37.3 Å². The molecule has 5 nitrogen and oxygen atoms in total. The van der Waals surface area contributed by atoms with E-state index in [2.05, 4.69) is 4.72 Å². The second kappa shape index (κ2) is 7.09. The summed E-state index contributed by atoms with van der Waals surface area (Å²) in [6, 6.07) is 14.9. The number of amides is 1. The molecule has 27 heavy (non-hydrogen) atoms. The van der Waals surface area contributed by atoms with Crippen molar-refractivity contribution < 1.29 is 13.2 Å². The molecule has 0 spiro atoms. The Morgan fingerprint density at radius 2 is 1.93 bits per heavy atom. The summed E-state index contributed by atoms with van der Waals surface area (Å²) in [7, 11) is -3.58. The third-order valence-electron chi connectivity index (χ3n) is 5.40. The van der Waals surface area contributed by atoms with Gasteiger partial charge in [-0.2, -0.15) is 0 Å². The zero-order chi connectivity index (χ0) is 19.0. The molecule has 0 aromatic heterocycles. The average molecular weight is 385 g/mol. The molecule has 1 fully saturated rings. The fourth-order valence-corrected chi connectivity index (χ4v) is 4.72. The number of fused-ring (bicyclic) bond motifs is 1. The second-order valence-electron chi connectivity index (χ2n) is 7.47. The molecule has 0 unspecified atom stereocenters. The van der Waals surface area contributed by atoms with Crippen LogP contribution in [0.15, 0.2) is 53.4 Å². The molecule has 0 bridgehead atoms. The number of rotatable bonds is 6. The van der Waals surface area contributed by atoms with Gasteiger partial charge >= 0.3 is 0 Å². The molecule has 1 heterocycles. The summed E-state index contributed by atoms with van der Waals surface area (Å²) in [5, 5.41) is 0. The van der Waals surface area contributed by atoms with Crippen molar-refractivity contribution in [1.29, 1.82) is 0 Å². The fourth-order valence-electron chi connectivity index (χ4n) is 3.54. The van der Waals surface area contributed by atoms with Crippen LogP contribution in [-0.2, 0) is 21.2 Å². The number of anilines is 1. The number of carbonyl (C=O) groups excluding carboxylic acids is 1. The first-order valence-corrected chi connectivity index (χ1v) is 10.9. The summed E-state index contributed by atoms with van der Waals surface area (Å²) >= 11 is 0. The van der Waals surface area contributed by atoms with E-state index in [-0.39, 0.29) is 22.6 Å². The van der Waals surface area contributed by atoms with E-state index < -0.39 is 10.0 Å². The molecular weight excluding hydrogens is 360 g/mol. The van der Waals surface area contributed by atoms with Gasteiger partial charge in [0.1, 0.15) is 0 Å². The molecule has 1 aliphatic heterocycles. The number of sulfonamides is 1. The largest absolute Gasteiger partial charge is 0.312 e. The lowest BCUT2D eigenvalue weighted by molar-refractivity contribution is -0.119. The molecule has 2 aromatic carbocycles. The predicted octanol–water partition coefficient (Wildman–Crippen LogP) is 3.07. The minimum atomic E-state index is -3.58. The standard InChI is InChI=1S/C21H24N2O3S/c1-15(16-5-3-2-4-6-16)14-22-27(25,26)19-9-10-20-18(13-19)11-12-23(20)21(24)17-7-8-17/h2-6,9-10,13,15,17,22H,7-8,11-12,14H2,1H3/t15-/m1/s1. The zero-order valence-corrected chi connectivity index (χ0v) is 16.2. The van der Waals surface area contributed by atoms with Crippen LogP contribution in [-0.4, -0.2) is 27.4 Å². The normalized spacial score (nSPS) is 17.6. The second-order valence-corrected chi connectivity index (χ2v) is 9.24. The van der Waals surface area contributed by atoms with E-state index in [1.54, 1.807) is 18.2 Å². The summed E-state index contributed by atoms with van der Waals surface area (Å²) in [5.41, 5.74) is 2.90. The van der Waals surface area contributed by atoms with Crippen molar-refractivity contribution in [1.82, 2.24) is 4.72 Å². The molecule has 6 heteroatoms. The summed E-state index contributed by atoms with van der Waals surface area (Å²) in [4.78, 5) is 14.4. The van der Waals surface area contributed by atoms with E-state index in [1.807, 2.05) is 42.2 Å². The summed E-state index contributed by atoms with van der Waals surface area (Å²) in [6.45, 7) is 2.99. The van der Waals surface area contributed by atoms with Crippen molar-refractivity contribution in [3.8, 4) is 0 Å². The van der Waals surface area contributed by atoms with Gasteiger partial charge in [-0.25, -0.2) is 13.1 Å². The highest BCUT2D eigenvalue weighted by Gasteiger charge is 2.36.